The van der Waals surface area contributed by atoms with Gasteiger partial charge in [0, 0.05) is 19.0 Å². The lowest BCUT2D eigenvalue weighted by Gasteiger charge is -2.30. The second-order valence-corrected chi connectivity index (χ2v) is 5.80. The van der Waals surface area contributed by atoms with Crippen LogP contribution < -0.4 is 4.90 Å². The fourth-order valence-electron chi connectivity index (χ4n) is 2.34. The maximum Gasteiger partial charge on any atom is 0.324 e. The van der Waals surface area contributed by atoms with E-state index in [1.165, 1.54) is 0 Å². The van der Waals surface area contributed by atoms with E-state index in [-0.39, 0.29) is 0 Å². The van der Waals surface area contributed by atoms with E-state index >= 15 is 0 Å². The van der Waals surface area contributed by atoms with Crippen molar-refractivity contribution in [2.75, 3.05) is 24.6 Å². The first kappa shape index (κ1) is 15.6. The molecule has 0 aromatic carbocycles. The summed E-state index contributed by atoms with van der Waals surface area (Å²) in [6.07, 6.45) is 5.97. The quantitative estimate of drug-likeness (QED) is 0.593. The summed E-state index contributed by atoms with van der Waals surface area (Å²) in [6.45, 7) is 12.6. The summed E-state index contributed by atoms with van der Waals surface area (Å²) in [4.78, 5) is 6.61. The van der Waals surface area contributed by atoms with Gasteiger partial charge in [-0.15, -0.1) is 0 Å². The van der Waals surface area contributed by atoms with Crippen molar-refractivity contribution in [3.8, 4) is 0 Å². The Morgan fingerprint density at radius 2 is 2.19 bits per heavy atom. The van der Waals surface area contributed by atoms with Crippen LogP contribution in [0.4, 0.5) is 6.01 Å². The van der Waals surface area contributed by atoms with Crippen molar-refractivity contribution in [2.24, 2.45) is 5.92 Å². The number of nitrogens with zero attached hydrogens (tertiary/aromatic N) is 3. The average Bonchev–Trinajstić information content (AvgIpc) is 2.96. The van der Waals surface area contributed by atoms with Crippen LogP contribution in [0.1, 0.15) is 45.4 Å². The zero-order valence-corrected chi connectivity index (χ0v) is 13.2. The molecular weight excluding hydrogens is 266 g/mol. The smallest absolute Gasteiger partial charge is 0.324 e. The second-order valence-electron chi connectivity index (χ2n) is 5.80. The van der Waals surface area contributed by atoms with Crippen molar-refractivity contribution in [2.45, 2.75) is 39.5 Å². The Morgan fingerprint density at radius 1 is 1.48 bits per heavy atom. The molecule has 1 aliphatic rings. The minimum Gasteiger partial charge on any atom is -0.494 e. The lowest BCUT2D eigenvalue weighted by atomic mass is 9.98. The van der Waals surface area contributed by atoms with Crippen molar-refractivity contribution in [3.05, 3.63) is 30.3 Å². The molecule has 0 saturated carbocycles. The molecule has 0 aliphatic carbocycles. The molecule has 116 valence electrons. The summed E-state index contributed by atoms with van der Waals surface area (Å²) in [5.41, 5.74) is 0. The maximum absolute atomic E-state index is 5.65. The minimum atomic E-state index is 0.297. The van der Waals surface area contributed by atoms with Gasteiger partial charge in [0.1, 0.15) is 5.76 Å². The predicted octanol–water partition coefficient (Wildman–Crippen LogP) is 3.52. The first-order valence-corrected chi connectivity index (χ1v) is 7.63. The maximum atomic E-state index is 5.65. The molecule has 0 unspecified atom stereocenters. The third-order valence-corrected chi connectivity index (χ3v) is 3.69. The summed E-state index contributed by atoms with van der Waals surface area (Å²) in [5.74, 6) is 2.37. The summed E-state index contributed by atoms with van der Waals surface area (Å²) in [6, 6.07) is 0.649. The molecule has 0 spiro atoms. The van der Waals surface area contributed by atoms with Crippen LogP contribution in [0, 0.1) is 5.92 Å². The summed E-state index contributed by atoms with van der Waals surface area (Å²) in [7, 11) is 0. The number of anilines is 1. The molecule has 1 aliphatic heterocycles. The fourth-order valence-corrected chi connectivity index (χ4v) is 2.34. The number of ether oxygens (including phenoxy) is 1. The third kappa shape index (κ3) is 4.34. The molecule has 5 heteroatoms. The highest BCUT2D eigenvalue weighted by atomic mass is 16.5. The Hall–Kier alpha value is -1.78. The first-order chi connectivity index (χ1) is 10.1. The number of hydrogen-bond acceptors (Lipinski definition) is 5. The normalized spacial score (nSPS) is 16.9. The lowest BCUT2D eigenvalue weighted by molar-refractivity contribution is 0.158. The molecule has 2 rings (SSSR count). The van der Waals surface area contributed by atoms with E-state index < -0.39 is 0 Å². The molecule has 0 N–H and O–H groups in total. The summed E-state index contributed by atoms with van der Waals surface area (Å²) >= 11 is 0. The van der Waals surface area contributed by atoms with Crippen molar-refractivity contribution in [3.63, 3.8) is 0 Å². The Morgan fingerprint density at radius 3 is 2.76 bits per heavy atom. The van der Waals surface area contributed by atoms with E-state index in [0.717, 1.165) is 44.1 Å². The monoisotopic (exact) mass is 291 g/mol. The van der Waals surface area contributed by atoms with Gasteiger partial charge in [0.05, 0.1) is 6.61 Å². The number of allylic oxidation sites excluding steroid dienone is 2. The number of aromatic nitrogens is 2. The molecule has 1 aromatic heterocycles. The molecule has 0 bridgehead atoms. The molecule has 21 heavy (non-hydrogen) atoms. The van der Waals surface area contributed by atoms with Crippen LogP contribution in [-0.2, 0) is 4.74 Å². The fraction of sp³-hybridized carbons (Fsp3) is 0.625. The van der Waals surface area contributed by atoms with Gasteiger partial charge in [0.2, 0.25) is 0 Å². The SMILES string of the molecule is C=C(C=CC)OCC1CCN(c2nc(C(C)C)no2)CC1. The van der Waals surface area contributed by atoms with E-state index in [9.17, 15) is 0 Å². The Labute approximate surface area is 126 Å². The van der Waals surface area contributed by atoms with Gasteiger partial charge in [-0.25, -0.2) is 0 Å². The third-order valence-electron chi connectivity index (χ3n) is 3.69. The van der Waals surface area contributed by atoms with Crippen LogP contribution in [0.3, 0.4) is 0 Å². The van der Waals surface area contributed by atoms with E-state index in [0.29, 0.717) is 17.9 Å². The summed E-state index contributed by atoms with van der Waals surface area (Å²) in [5, 5.41) is 4.02. The molecular formula is C16H25N3O2. The standard InChI is InChI=1S/C16H25N3O2/c1-5-6-13(4)20-11-14-7-9-19(10-8-14)16-17-15(12(2)3)18-21-16/h5-6,12,14H,4,7-11H2,1-3H3. The van der Waals surface area contributed by atoms with Gasteiger partial charge < -0.3 is 14.2 Å². The predicted molar refractivity (Wildman–Crippen MR) is 83.2 cm³/mol. The van der Waals surface area contributed by atoms with Gasteiger partial charge in [-0.2, -0.15) is 4.98 Å². The van der Waals surface area contributed by atoms with Crippen molar-refractivity contribution >= 4 is 6.01 Å². The molecule has 0 amide bonds. The van der Waals surface area contributed by atoms with Crippen molar-refractivity contribution < 1.29 is 9.26 Å². The van der Waals surface area contributed by atoms with Gasteiger partial charge in [-0.3, -0.25) is 0 Å². The number of rotatable bonds is 6. The van der Waals surface area contributed by atoms with Crippen LogP contribution in [0.5, 0.6) is 0 Å². The Bertz CT molecular complexity index is 485. The number of piperidine rings is 1. The van der Waals surface area contributed by atoms with Gasteiger partial charge in [-0.05, 0) is 31.8 Å². The van der Waals surface area contributed by atoms with Crippen LogP contribution in [0.2, 0.25) is 0 Å². The second kappa shape index (κ2) is 7.29. The number of hydrogen-bond donors (Lipinski definition) is 0. The molecule has 5 nitrogen and oxygen atoms in total. The molecule has 1 saturated heterocycles. The molecule has 1 aromatic rings. The van der Waals surface area contributed by atoms with Crippen LogP contribution in [0.25, 0.3) is 0 Å². The molecule has 0 radical (unpaired) electrons. The highest BCUT2D eigenvalue weighted by molar-refractivity contribution is 5.26. The highest BCUT2D eigenvalue weighted by Gasteiger charge is 2.23. The summed E-state index contributed by atoms with van der Waals surface area (Å²) < 4.78 is 11.0. The first-order valence-electron chi connectivity index (χ1n) is 7.63. The van der Waals surface area contributed by atoms with E-state index in [1.54, 1.807) is 0 Å². The van der Waals surface area contributed by atoms with Crippen molar-refractivity contribution in [1.82, 2.24) is 10.1 Å². The Balaban J connectivity index is 1.78. The average molecular weight is 291 g/mol. The van der Waals surface area contributed by atoms with E-state index in [2.05, 4.69) is 35.5 Å². The van der Waals surface area contributed by atoms with E-state index in [1.807, 2.05) is 19.1 Å². The van der Waals surface area contributed by atoms with Crippen molar-refractivity contribution in [1.29, 1.82) is 0 Å². The minimum absolute atomic E-state index is 0.297. The molecule has 0 atom stereocenters. The van der Waals surface area contributed by atoms with Gasteiger partial charge in [0.15, 0.2) is 5.82 Å². The largest absolute Gasteiger partial charge is 0.494 e. The van der Waals surface area contributed by atoms with Crippen LogP contribution in [-0.4, -0.2) is 29.8 Å². The van der Waals surface area contributed by atoms with Gasteiger partial charge in [-0.1, -0.05) is 31.7 Å². The topological polar surface area (TPSA) is 51.4 Å². The zero-order chi connectivity index (χ0) is 15.2. The van der Waals surface area contributed by atoms with E-state index in [4.69, 9.17) is 9.26 Å². The Kier molecular flexibility index (Phi) is 5.42. The lowest BCUT2D eigenvalue weighted by Crippen LogP contribution is -2.35. The molecule has 2 heterocycles. The van der Waals surface area contributed by atoms with Gasteiger partial charge in [0.25, 0.3) is 0 Å². The van der Waals surface area contributed by atoms with Crippen LogP contribution >= 0.6 is 0 Å². The molecule has 1 fully saturated rings. The zero-order valence-electron chi connectivity index (χ0n) is 13.2. The highest BCUT2D eigenvalue weighted by Crippen LogP contribution is 2.24. The van der Waals surface area contributed by atoms with Crippen LogP contribution in [0.15, 0.2) is 29.0 Å². The van der Waals surface area contributed by atoms with Gasteiger partial charge >= 0.3 is 6.01 Å².